The van der Waals surface area contributed by atoms with Crippen LogP contribution in [0.1, 0.15) is 18.2 Å². The molecular weight excluding hydrogens is 240 g/mol. The average molecular weight is 256 g/mol. The molecule has 0 radical (unpaired) electrons. The van der Waals surface area contributed by atoms with Gasteiger partial charge in [-0.15, -0.1) is 0 Å². The van der Waals surface area contributed by atoms with E-state index in [9.17, 15) is 9.90 Å². The lowest BCUT2D eigenvalue weighted by Crippen LogP contribution is -2.41. The molecule has 19 heavy (non-hydrogen) atoms. The molecule has 1 heterocycles. The van der Waals surface area contributed by atoms with E-state index in [1.807, 2.05) is 31.2 Å². The number of aryl methyl sites for hydroxylation is 1. The first kappa shape index (κ1) is 13.1. The topological polar surface area (TPSA) is 62.2 Å². The Morgan fingerprint density at radius 2 is 1.89 bits per heavy atom. The number of rotatable bonds is 4. The molecule has 4 heteroatoms. The minimum absolute atomic E-state index is 0.475. The maximum Gasteiger partial charge on any atom is 0.335 e. The first-order valence-corrected chi connectivity index (χ1v) is 6.02. The van der Waals surface area contributed by atoms with Gasteiger partial charge in [0.05, 0.1) is 5.69 Å². The number of hydrogen-bond donors (Lipinski definition) is 2. The van der Waals surface area contributed by atoms with Gasteiger partial charge in [0.2, 0.25) is 0 Å². The molecule has 0 fully saturated rings. The summed E-state index contributed by atoms with van der Waals surface area (Å²) in [5.41, 5.74) is 1.10. The van der Waals surface area contributed by atoms with Crippen LogP contribution in [0, 0.1) is 6.92 Å². The first-order chi connectivity index (χ1) is 9.02. The Morgan fingerprint density at radius 3 is 2.42 bits per heavy atom. The monoisotopic (exact) mass is 256 g/mol. The smallest absolute Gasteiger partial charge is 0.335 e. The number of aliphatic carboxylic acids is 1. The molecule has 1 unspecified atom stereocenters. The van der Waals surface area contributed by atoms with E-state index < -0.39 is 11.5 Å². The Kier molecular flexibility index (Phi) is 3.51. The zero-order chi connectivity index (χ0) is 13.9. The van der Waals surface area contributed by atoms with Gasteiger partial charge in [-0.3, -0.25) is 4.98 Å². The van der Waals surface area contributed by atoms with E-state index in [1.165, 1.54) is 0 Å². The molecule has 0 spiro atoms. The highest BCUT2D eigenvalue weighted by molar-refractivity contribution is 5.83. The van der Waals surface area contributed by atoms with Crippen LogP contribution < -0.4 is 5.32 Å². The van der Waals surface area contributed by atoms with Gasteiger partial charge in [0.1, 0.15) is 0 Å². The molecule has 0 bridgehead atoms. The van der Waals surface area contributed by atoms with Crippen LogP contribution in [-0.2, 0) is 10.3 Å². The van der Waals surface area contributed by atoms with Crippen LogP contribution in [0.25, 0.3) is 0 Å². The van der Waals surface area contributed by atoms with E-state index in [-0.39, 0.29) is 0 Å². The lowest BCUT2D eigenvalue weighted by Gasteiger charge is -2.26. The van der Waals surface area contributed by atoms with Crippen LogP contribution in [-0.4, -0.2) is 16.1 Å². The summed E-state index contributed by atoms with van der Waals surface area (Å²) in [5, 5.41) is 12.5. The van der Waals surface area contributed by atoms with Gasteiger partial charge in [0, 0.05) is 11.9 Å². The van der Waals surface area contributed by atoms with Crippen LogP contribution in [0.2, 0.25) is 0 Å². The third-order valence-electron chi connectivity index (χ3n) is 3.05. The standard InChI is InChI=1S/C15H16N2O2/c1-11-6-8-12(9-7-11)17-15(2,14(18)19)13-5-3-4-10-16-13/h3-10,17H,1-2H3,(H,18,19). The number of anilines is 1. The third kappa shape index (κ3) is 2.73. The SMILES string of the molecule is Cc1ccc(NC(C)(C(=O)O)c2ccccn2)cc1. The Hall–Kier alpha value is -2.36. The van der Waals surface area contributed by atoms with E-state index in [0.717, 1.165) is 11.3 Å². The zero-order valence-electron chi connectivity index (χ0n) is 10.9. The van der Waals surface area contributed by atoms with E-state index in [4.69, 9.17) is 0 Å². The number of nitrogens with zero attached hydrogens (tertiary/aromatic N) is 1. The van der Waals surface area contributed by atoms with Crippen molar-refractivity contribution in [1.82, 2.24) is 4.98 Å². The van der Waals surface area contributed by atoms with E-state index >= 15 is 0 Å². The maximum absolute atomic E-state index is 11.6. The average Bonchev–Trinajstić information content (AvgIpc) is 2.42. The minimum Gasteiger partial charge on any atom is -0.479 e. The van der Waals surface area contributed by atoms with Crippen LogP contribution in [0.5, 0.6) is 0 Å². The van der Waals surface area contributed by atoms with Crippen molar-refractivity contribution in [3.05, 3.63) is 59.9 Å². The van der Waals surface area contributed by atoms with Gasteiger partial charge in [-0.2, -0.15) is 0 Å². The molecule has 2 N–H and O–H groups in total. The number of pyridine rings is 1. The molecule has 0 amide bonds. The minimum atomic E-state index is -1.25. The molecule has 0 aliphatic carbocycles. The number of carbonyl (C=O) groups is 1. The molecule has 0 saturated heterocycles. The molecule has 0 aliphatic heterocycles. The zero-order valence-corrected chi connectivity index (χ0v) is 10.9. The summed E-state index contributed by atoms with van der Waals surface area (Å²) >= 11 is 0. The molecule has 0 aliphatic rings. The van der Waals surface area contributed by atoms with Crippen molar-refractivity contribution in [2.75, 3.05) is 5.32 Å². The van der Waals surface area contributed by atoms with Crippen LogP contribution in [0.15, 0.2) is 48.7 Å². The Bertz CT molecular complexity index is 566. The van der Waals surface area contributed by atoms with Crippen LogP contribution in [0.3, 0.4) is 0 Å². The molecule has 1 aromatic heterocycles. The summed E-state index contributed by atoms with van der Waals surface area (Å²) in [7, 11) is 0. The number of aromatic nitrogens is 1. The van der Waals surface area contributed by atoms with Gasteiger partial charge in [-0.25, -0.2) is 4.79 Å². The number of carboxylic acids is 1. The highest BCUT2D eigenvalue weighted by atomic mass is 16.4. The third-order valence-corrected chi connectivity index (χ3v) is 3.05. The maximum atomic E-state index is 11.6. The predicted octanol–water partition coefficient (Wildman–Crippen LogP) is 2.80. The van der Waals surface area contributed by atoms with Crippen LogP contribution >= 0.6 is 0 Å². The molecule has 2 aromatic rings. The quantitative estimate of drug-likeness (QED) is 0.883. The summed E-state index contributed by atoms with van der Waals surface area (Å²) in [5.74, 6) is -0.966. The summed E-state index contributed by atoms with van der Waals surface area (Å²) in [6.07, 6.45) is 1.59. The van der Waals surface area contributed by atoms with Gasteiger partial charge in [-0.05, 0) is 38.1 Å². The van der Waals surface area contributed by atoms with E-state index in [2.05, 4.69) is 10.3 Å². The van der Waals surface area contributed by atoms with Crippen molar-refractivity contribution >= 4 is 11.7 Å². The first-order valence-electron chi connectivity index (χ1n) is 6.02. The van der Waals surface area contributed by atoms with Crippen molar-refractivity contribution in [3.8, 4) is 0 Å². The molecule has 4 nitrogen and oxygen atoms in total. The summed E-state index contributed by atoms with van der Waals surface area (Å²) in [6, 6.07) is 12.8. The van der Waals surface area contributed by atoms with Crippen molar-refractivity contribution in [1.29, 1.82) is 0 Å². The van der Waals surface area contributed by atoms with Gasteiger partial charge >= 0.3 is 5.97 Å². The molecular formula is C15H16N2O2. The van der Waals surface area contributed by atoms with Gasteiger partial charge in [-0.1, -0.05) is 23.8 Å². The molecule has 1 atom stereocenters. The number of carboxylic acid groups (broad SMARTS) is 1. The van der Waals surface area contributed by atoms with Crippen molar-refractivity contribution in [2.24, 2.45) is 0 Å². The number of benzene rings is 1. The summed E-state index contributed by atoms with van der Waals surface area (Å²) in [6.45, 7) is 3.59. The van der Waals surface area contributed by atoms with Crippen LogP contribution in [0.4, 0.5) is 5.69 Å². The summed E-state index contributed by atoms with van der Waals surface area (Å²) < 4.78 is 0. The number of nitrogens with one attached hydrogen (secondary N) is 1. The Morgan fingerprint density at radius 1 is 1.21 bits per heavy atom. The fraction of sp³-hybridized carbons (Fsp3) is 0.200. The number of hydrogen-bond acceptors (Lipinski definition) is 3. The van der Waals surface area contributed by atoms with E-state index in [1.54, 1.807) is 31.3 Å². The normalized spacial score (nSPS) is 13.6. The highest BCUT2D eigenvalue weighted by Crippen LogP contribution is 2.25. The van der Waals surface area contributed by atoms with Crippen molar-refractivity contribution < 1.29 is 9.90 Å². The second-order valence-corrected chi connectivity index (χ2v) is 4.64. The Balaban J connectivity index is 2.36. The Labute approximate surface area is 112 Å². The molecule has 1 aromatic carbocycles. The largest absolute Gasteiger partial charge is 0.479 e. The van der Waals surface area contributed by atoms with Gasteiger partial charge < -0.3 is 10.4 Å². The second-order valence-electron chi connectivity index (χ2n) is 4.64. The molecule has 0 saturated carbocycles. The molecule has 2 rings (SSSR count). The lowest BCUT2D eigenvalue weighted by atomic mass is 9.96. The van der Waals surface area contributed by atoms with Crippen molar-refractivity contribution in [3.63, 3.8) is 0 Å². The van der Waals surface area contributed by atoms with Crippen molar-refractivity contribution in [2.45, 2.75) is 19.4 Å². The predicted molar refractivity (Wildman–Crippen MR) is 74.0 cm³/mol. The highest BCUT2D eigenvalue weighted by Gasteiger charge is 2.36. The van der Waals surface area contributed by atoms with Gasteiger partial charge in [0.25, 0.3) is 0 Å². The molecule has 98 valence electrons. The fourth-order valence-electron chi connectivity index (χ4n) is 1.81. The van der Waals surface area contributed by atoms with Gasteiger partial charge in [0.15, 0.2) is 5.54 Å². The lowest BCUT2D eigenvalue weighted by molar-refractivity contribution is -0.142. The second kappa shape index (κ2) is 5.10. The van der Waals surface area contributed by atoms with E-state index in [0.29, 0.717) is 5.69 Å². The summed E-state index contributed by atoms with van der Waals surface area (Å²) in [4.78, 5) is 15.7. The fourth-order valence-corrected chi connectivity index (χ4v) is 1.81.